The van der Waals surface area contributed by atoms with Gasteiger partial charge in [0.05, 0.1) is 17.4 Å². The van der Waals surface area contributed by atoms with Crippen LogP contribution in [-0.2, 0) is 7.05 Å². The summed E-state index contributed by atoms with van der Waals surface area (Å²) >= 11 is 0. The average molecular weight is 261 g/mol. The van der Waals surface area contributed by atoms with Gasteiger partial charge in [-0.05, 0) is 49.7 Å². The molecule has 4 heteroatoms. The highest BCUT2D eigenvalue weighted by molar-refractivity contribution is 5.35. The largest absolute Gasteiger partial charge is 0.305 e. The molecular weight excluding hydrogens is 241 g/mol. The molecule has 1 aromatic carbocycles. The molecule has 0 amide bonds. The third-order valence-corrected chi connectivity index (χ3v) is 3.29. The highest BCUT2D eigenvalue weighted by atomic mass is 19.1. The zero-order valence-electron chi connectivity index (χ0n) is 11.9. The number of hydrogen-bond acceptors (Lipinski definition) is 2. The summed E-state index contributed by atoms with van der Waals surface area (Å²) in [7, 11) is 1.94. The van der Waals surface area contributed by atoms with Gasteiger partial charge >= 0.3 is 0 Å². The van der Waals surface area contributed by atoms with Crippen molar-refractivity contribution < 1.29 is 4.39 Å². The van der Waals surface area contributed by atoms with Gasteiger partial charge in [0.25, 0.3) is 0 Å². The summed E-state index contributed by atoms with van der Waals surface area (Å²) in [5.41, 5.74) is 4.12. The van der Waals surface area contributed by atoms with Crippen LogP contribution in [0.25, 0.3) is 0 Å². The molecule has 0 spiro atoms. The summed E-state index contributed by atoms with van der Waals surface area (Å²) in [5, 5.41) is 7.84. The minimum atomic E-state index is -0.197. The summed E-state index contributed by atoms with van der Waals surface area (Å²) in [4.78, 5) is 0. The molecule has 0 aliphatic rings. The van der Waals surface area contributed by atoms with Crippen molar-refractivity contribution in [1.82, 2.24) is 15.1 Å². The van der Waals surface area contributed by atoms with Crippen molar-refractivity contribution in [2.24, 2.45) is 7.05 Å². The number of aromatic nitrogens is 2. The van der Waals surface area contributed by atoms with Crippen molar-refractivity contribution in [3.05, 3.63) is 52.6 Å². The van der Waals surface area contributed by atoms with Crippen LogP contribution in [0.4, 0.5) is 4.39 Å². The SMILES string of the molecule is CCNC(c1ccc(F)cc1C)c1cc(C)nn1C. The van der Waals surface area contributed by atoms with Crippen LogP contribution in [0.5, 0.6) is 0 Å². The van der Waals surface area contributed by atoms with Gasteiger partial charge in [0.15, 0.2) is 0 Å². The Morgan fingerprint density at radius 2 is 2.05 bits per heavy atom. The molecule has 1 atom stereocenters. The van der Waals surface area contributed by atoms with Crippen LogP contribution in [0.15, 0.2) is 24.3 Å². The molecule has 0 fully saturated rings. The van der Waals surface area contributed by atoms with E-state index in [1.165, 1.54) is 6.07 Å². The van der Waals surface area contributed by atoms with Gasteiger partial charge in [-0.2, -0.15) is 5.10 Å². The lowest BCUT2D eigenvalue weighted by Crippen LogP contribution is -2.25. The van der Waals surface area contributed by atoms with Gasteiger partial charge in [-0.1, -0.05) is 13.0 Å². The summed E-state index contributed by atoms with van der Waals surface area (Å²) in [5.74, 6) is -0.197. The monoisotopic (exact) mass is 261 g/mol. The van der Waals surface area contributed by atoms with E-state index < -0.39 is 0 Å². The standard InChI is InChI=1S/C15H20FN3/c1-5-17-15(14-9-11(3)18-19(14)4)13-7-6-12(16)8-10(13)2/h6-9,15,17H,5H2,1-4H3. The summed E-state index contributed by atoms with van der Waals surface area (Å²) in [6.45, 7) is 6.82. The maximum Gasteiger partial charge on any atom is 0.123 e. The Kier molecular flexibility index (Phi) is 4.00. The van der Waals surface area contributed by atoms with Gasteiger partial charge < -0.3 is 5.32 Å². The topological polar surface area (TPSA) is 29.9 Å². The molecule has 0 radical (unpaired) electrons. The van der Waals surface area contributed by atoms with E-state index in [4.69, 9.17) is 0 Å². The molecule has 1 N–H and O–H groups in total. The molecule has 1 unspecified atom stereocenters. The molecule has 2 aromatic rings. The maximum absolute atomic E-state index is 13.2. The second-order valence-electron chi connectivity index (χ2n) is 4.83. The van der Waals surface area contributed by atoms with Crippen LogP contribution < -0.4 is 5.32 Å². The lowest BCUT2D eigenvalue weighted by atomic mass is 9.98. The molecule has 3 nitrogen and oxygen atoms in total. The van der Waals surface area contributed by atoms with Crippen molar-refractivity contribution in [3.8, 4) is 0 Å². The quantitative estimate of drug-likeness (QED) is 0.917. The first kappa shape index (κ1) is 13.7. The second kappa shape index (κ2) is 5.53. The van der Waals surface area contributed by atoms with E-state index in [0.717, 1.165) is 29.1 Å². The Balaban J connectivity index is 2.48. The highest BCUT2D eigenvalue weighted by Crippen LogP contribution is 2.25. The first-order valence-electron chi connectivity index (χ1n) is 6.53. The Morgan fingerprint density at radius 3 is 2.58 bits per heavy atom. The van der Waals surface area contributed by atoms with Gasteiger partial charge in [-0.15, -0.1) is 0 Å². The summed E-state index contributed by atoms with van der Waals surface area (Å²) in [6.07, 6.45) is 0. The summed E-state index contributed by atoms with van der Waals surface area (Å²) < 4.78 is 15.1. The maximum atomic E-state index is 13.2. The van der Waals surface area contributed by atoms with Crippen LogP contribution in [0.2, 0.25) is 0 Å². The van der Waals surface area contributed by atoms with Crippen molar-refractivity contribution in [2.75, 3.05) is 6.54 Å². The van der Waals surface area contributed by atoms with Crippen molar-refractivity contribution in [2.45, 2.75) is 26.8 Å². The number of hydrogen-bond donors (Lipinski definition) is 1. The van der Waals surface area contributed by atoms with E-state index in [1.54, 1.807) is 6.07 Å². The zero-order chi connectivity index (χ0) is 14.0. The predicted octanol–water partition coefficient (Wildman–Crippen LogP) is 2.87. The van der Waals surface area contributed by atoms with Gasteiger partial charge in [-0.3, -0.25) is 4.68 Å². The van der Waals surface area contributed by atoms with E-state index in [9.17, 15) is 4.39 Å². The Bertz CT molecular complexity index is 575. The fourth-order valence-electron chi connectivity index (χ4n) is 2.44. The van der Waals surface area contributed by atoms with Crippen LogP contribution in [0, 0.1) is 19.7 Å². The van der Waals surface area contributed by atoms with E-state index in [-0.39, 0.29) is 11.9 Å². The van der Waals surface area contributed by atoms with Crippen LogP contribution >= 0.6 is 0 Å². The zero-order valence-corrected chi connectivity index (χ0v) is 11.9. The molecule has 0 aliphatic heterocycles. The van der Waals surface area contributed by atoms with Gasteiger partial charge in [0, 0.05) is 7.05 Å². The minimum Gasteiger partial charge on any atom is -0.305 e. The van der Waals surface area contributed by atoms with Crippen molar-refractivity contribution in [1.29, 1.82) is 0 Å². The minimum absolute atomic E-state index is 0.0387. The van der Waals surface area contributed by atoms with E-state index in [1.807, 2.05) is 31.6 Å². The summed E-state index contributed by atoms with van der Waals surface area (Å²) in [6, 6.07) is 7.03. The number of rotatable bonds is 4. The number of halogens is 1. The fourth-order valence-corrected chi connectivity index (χ4v) is 2.44. The lowest BCUT2D eigenvalue weighted by Gasteiger charge is -2.20. The number of nitrogens with zero attached hydrogens (tertiary/aromatic N) is 2. The average Bonchev–Trinajstić information content (AvgIpc) is 2.66. The van der Waals surface area contributed by atoms with Crippen LogP contribution in [-0.4, -0.2) is 16.3 Å². The molecular formula is C15H20FN3. The smallest absolute Gasteiger partial charge is 0.123 e. The van der Waals surface area contributed by atoms with Gasteiger partial charge in [-0.25, -0.2) is 4.39 Å². The molecule has 1 aromatic heterocycles. The van der Waals surface area contributed by atoms with Gasteiger partial charge in [0.2, 0.25) is 0 Å². The Labute approximate surface area is 113 Å². The van der Waals surface area contributed by atoms with Crippen molar-refractivity contribution >= 4 is 0 Å². The number of benzene rings is 1. The first-order valence-corrected chi connectivity index (χ1v) is 6.53. The number of nitrogens with one attached hydrogen (secondary N) is 1. The van der Waals surface area contributed by atoms with E-state index >= 15 is 0 Å². The molecule has 0 saturated carbocycles. The molecule has 1 heterocycles. The Morgan fingerprint density at radius 1 is 1.32 bits per heavy atom. The van der Waals surface area contributed by atoms with Crippen LogP contribution in [0.3, 0.4) is 0 Å². The third kappa shape index (κ3) is 2.84. The van der Waals surface area contributed by atoms with E-state index in [0.29, 0.717) is 0 Å². The molecule has 102 valence electrons. The normalized spacial score (nSPS) is 12.7. The highest BCUT2D eigenvalue weighted by Gasteiger charge is 2.19. The molecule has 2 rings (SSSR count). The lowest BCUT2D eigenvalue weighted by molar-refractivity contribution is 0.566. The van der Waals surface area contributed by atoms with Crippen molar-refractivity contribution in [3.63, 3.8) is 0 Å². The predicted molar refractivity (Wildman–Crippen MR) is 74.6 cm³/mol. The molecule has 0 bridgehead atoms. The first-order chi connectivity index (χ1) is 9.02. The molecule has 0 aliphatic carbocycles. The Hall–Kier alpha value is -1.68. The van der Waals surface area contributed by atoms with E-state index in [2.05, 4.69) is 23.4 Å². The molecule has 19 heavy (non-hydrogen) atoms. The molecule has 0 saturated heterocycles. The second-order valence-corrected chi connectivity index (χ2v) is 4.83. The van der Waals surface area contributed by atoms with Crippen LogP contribution in [0.1, 0.15) is 35.5 Å². The third-order valence-electron chi connectivity index (χ3n) is 3.29. The van der Waals surface area contributed by atoms with Gasteiger partial charge in [0.1, 0.15) is 5.82 Å². The number of aryl methyl sites for hydroxylation is 3. The fraction of sp³-hybridized carbons (Fsp3) is 0.400.